The van der Waals surface area contributed by atoms with E-state index in [1.54, 1.807) is 14.0 Å². The van der Waals surface area contributed by atoms with Crippen molar-refractivity contribution in [3.63, 3.8) is 0 Å². The second kappa shape index (κ2) is 6.06. The Kier molecular flexibility index (Phi) is 4.73. The summed E-state index contributed by atoms with van der Waals surface area (Å²) < 4.78 is 5.18. The van der Waals surface area contributed by atoms with Gasteiger partial charge in [-0.05, 0) is 19.4 Å². The molecule has 0 saturated heterocycles. The van der Waals surface area contributed by atoms with Crippen molar-refractivity contribution in [3.8, 4) is 11.8 Å². The minimum atomic E-state index is -0.806. The van der Waals surface area contributed by atoms with E-state index in [2.05, 4.69) is 11.4 Å². The van der Waals surface area contributed by atoms with Crippen LogP contribution in [0.3, 0.4) is 0 Å². The molecule has 96 valence electrons. The van der Waals surface area contributed by atoms with Crippen LogP contribution in [0, 0.1) is 11.3 Å². The zero-order valence-electron chi connectivity index (χ0n) is 11.0. The normalized spacial score (nSPS) is 13.2. The third-order valence-electron chi connectivity index (χ3n) is 2.91. The molecule has 0 fully saturated rings. The first-order chi connectivity index (χ1) is 8.54. The predicted octanol–water partition coefficient (Wildman–Crippen LogP) is 2.05. The summed E-state index contributed by atoms with van der Waals surface area (Å²) in [5.74, 6) is 0.508. The Morgan fingerprint density at radius 1 is 1.50 bits per heavy atom. The molecule has 1 unspecified atom stereocenters. The van der Waals surface area contributed by atoms with Gasteiger partial charge in [0.1, 0.15) is 11.3 Å². The van der Waals surface area contributed by atoms with Crippen LogP contribution in [0.4, 0.5) is 0 Å². The molecular formula is C14H18N2O2. The number of nitriles is 1. The number of nitrogens with one attached hydrogen (secondary N) is 1. The van der Waals surface area contributed by atoms with Crippen LogP contribution in [0.25, 0.3) is 0 Å². The Bertz CT molecular complexity index is 465. The highest BCUT2D eigenvalue weighted by Crippen LogP contribution is 2.18. The van der Waals surface area contributed by atoms with E-state index in [0.29, 0.717) is 12.2 Å². The highest BCUT2D eigenvalue weighted by Gasteiger charge is 2.23. The molecule has 1 rings (SSSR count). The average Bonchev–Trinajstić information content (AvgIpc) is 2.39. The fraction of sp³-hybridized carbons (Fsp3) is 0.429. The molecule has 1 aromatic rings. The lowest BCUT2D eigenvalue weighted by Gasteiger charge is -2.21. The van der Waals surface area contributed by atoms with Crippen LogP contribution in [-0.4, -0.2) is 18.6 Å². The number of carbonyl (C=O) groups is 1. The lowest BCUT2D eigenvalue weighted by Crippen LogP contribution is -2.44. The topological polar surface area (TPSA) is 62.1 Å². The number of nitrogens with zero attached hydrogens (tertiary/aromatic N) is 1. The van der Waals surface area contributed by atoms with Crippen LogP contribution in [0.2, 0.25) is 0 Å². The number of amides is 1. The standard InChI is InChI=1S/C14H18N2O2/c1-4-14(2,10-15)16-13(17)9-11-7-5-6-8-12(11)18-3/h5-8H,4,9H2,1-3H3,(H,16,17). The summed E-state index contributed by atoms with van der Waals surface area (Å²) in [5, 5.41) is 11.7. The van der Waals surface area contributed by atoms with Crippen molar-refractivity contribution in [1.82, 2.24) is 5.32 Å². The van der Waals surface area contributed by atoms with Gasteiger partial charge in [0.2, 0.25) is 5.91 Å². The maximum atomic E-state index is 11.9. The van der Waals surface area contributed by atoms with E-state index >= 15 is 0 Å². The Morgan fingerprint density at radius 2 is 2.17 bits per heavy atom. The second-order valence-electron chi connectivity index (χ2n) is 4.33. The molecule has 0 saturated carbocycles. The van der Waals surface area contributed by atoms with Crippen molar-refractivity contribution < 1.29 is 9.53 Å². The number of carbonyl (C=O) groups excluding carboxylic acids is 1. The molecule has 1 N–H and O–H groups in total. The first-order valence-corrected chi connectivity index (χ1v) is 5.89. The molecule has 0 spiro atoms. The van der Waals surface area contributed by atoms with Gasteiger partial charge in [-0.3, -0.25) is 4.79 Å². The average molecular weight is 246 g/mol. The summed E-state index contributed by atoms with van der Waals surface area (Å²) in [6.07, 6.45) is 0.780. The smallest absolute Gasteiger partial charge is 0.225 e. The van der Waals surface area contributed by atoms with E-state index in [0.717, 1.165) is 5.56 Å². The molecule has 0 aliphatic carbocycles. The predicted molar refractivity (Wildman–Crippen MR) is 69.1 cm³/mol. The lowest BCUT2D eigenvalue weighted by molar-refractivity contribution is -0.121. The van der Waals surface area contributed by atoms with Crippen molar-refractivity contribution in [2.24, 2.45) is 0 Å². The summed E-state index contributed by atoms with van der Waals surface area (Å²) in [6, 6.07) is 9.47. The number of hydrogen-bond acceptors (Lipinski definition) is 3. The van der Waals surface area contributed by atoms with Crippen molar-refractivity contribution >= 4 is 5.91 Å². The molecule has 0 aliphatic rings. The molecule has 0 radical (unpaired) electrons. The van der Waals surface area contributed by atoms with Gasteiger partial charge in [-0.2, -0.15) is 5.26 Å². The summed E-state index contributed by atoms with van der Waals surface area (Å²) in [6.45, 7) is 3.58. The lowest BCUT2D eigenvalue weighted by atomic mass is 10.0. The maximum absolute atomic E-state index is 11.9. The third kappa shape index (κ3) is 3.49. The minimum Gasteiger partial charge on any atom is -0.496 e. The maximum Gasteiger partial charge on any atom is 0.225 e. The number of para-hydroxylation sites is 1. The van der Waals surface area contributed by atoms with Gasteiger partial charge >= 0.3 is 0 Å². The molecule has 0 bridgehead atoms. The molecule has 0 aromatic heterocycles. The van der Waals surface area contributed by atoms with Crippen LogP contribution >= 0.6 is 0 Å². The van der Waals surface area contributed by atoms with Crippen molar-refractivity contribution in [2.45, 2.75) is 32.2 Å². The van der Waals surface area contributed by atoms with E-state index in [1.165, 1.54) is 0 Å². The first kappa shape index (κ1) is 14.0. The van der Waals surface area contributed by atoms with Crippen LogP contribution in [0.15, 0.2) is 24.3 Å². The Balaban J connectivity index is 2.74. The summed E-state index contributed by atoms with van der Waals surface area (Å²) in [7, 11) is 1.57. The zero-order chi connectivity index (χ0) is 13.6. The molecule has 18 heavy (non-hydrogen) atoms. The highest BCUT2D eigenvalue weighted by molar-refractivity contribution is 5.80. The van der Waals surface area contributed by atoms with Gasteiger partial charge in [0.15, 0.2) is 0 Å². The van der Waals surface area contributed by atoms with Gasteiger partial charge in [0.25, 0.3) is 0 Å². The first-order valence-electron chi connectivity index (χ1n) is 5.89. The molecule has 4 heteroatoms. The third-order valence-corrected chi connectivity index (χ3v) is 2.91. The van der Waals surface area contributed by atoms with Crippen LogP contribution in [0.5, 0.6) is 5.75 Å². The summed E-state index contributed by atoms with van der Waals surface area (Å²) >= 11 is 0. The van der Waals surface area contributed by atoms with Crippen molar-refractivity contribution in [1.29, 1.82) is 5.26 Å². The Labute approximate surface area is 108 Å². The van der Waals surface area contributed by atoms with Gasteiger partial charge in [0.05, 0.1) is 19.6 Å². The molecule has 1 aromatic carbocycles. The van der Waals surface area contributed by atoms with E-state index < -0.39 is 5.54 Å². The van der Waals surface area contributed by atoms with Gasteiger partial charge in [-0.1, -0.05) is 25.1 Å². The molecule has 0 heterocycles. The van der Waals surface area contributed by atoms with E-state index in [9.17, 15) is 4.79 Å². The number of rotatable bonds is 5. The van der Waals surface area contributed by atoms with Crippen LogP contribution in [-0.2, 0) is 11.2 Å². The van der Waals surface area contributed by atoms with Gasteiger partial charge < -0.3 is 10.1 Å². The molecule has 1 amide bonds. The van der Waals surface area contributed by atoms with Crippen LogP contribution < -0.4 is 10.1 Å². The van der Waals surface area contributed by atoms with Crippen molar-refractivity contribution in [2.75, 3.05) is 7.11 Å². The number of hydrogen-bond donors (Lipinski definition) is 1. The van der Waals surface area contributed by atoms with Gasteiger partial charge in [-0.15, -0.1) is 0 Å². The fourth-order valence-electron chi connectivity index (χ4n) is 1.57. The van der Waals surface area contributed by atoms with Crippen LogP contribution in [0.1, 0.15) is 25.8 Å². The SMILES string of the molecule is CCC(C)(C#N)NC(=O)Cc1ccccc1OC. The molecule has 0 aliphatic heterocycles. The van der Waals surface area contributed by atoms with Gasteiger partial charge in [-0.25, -0.2) is 0 Å². The molecule has 1 atom stereocenters. The number of ether oxygens (including phenoxy) is 1. The zero-order valence-corrected chi connectivity index (χ0v) is 11.0. The van der Waals surface area contributed by atoms with Crippen molar-refractivity contribution in [3.05, 3.63) is 29.8 Å². The number of methoxy groups -OCH3 is 1. The Hall–Kier alpha value is -2.02. The molecule has 4 nitrogen and oxygen atoms in total. The van der Waals surface area contributed by atoms with E-state index in [4.69, 9.17) is 10.00 Å². The highest BCUT2D eigenvalue weighted by atomic mass is 16.5. The quantitative estimate of drug-likeness (QED) is 0.864. The minimum absolute atomic E-state index is 0.176. The van der Waals surface area contributed by atoms with Gasteiger partial charge in [0, 0.05) is 5.56 Å². The monoisotopic (exact) mass is 246 g/mol. The fourth-order valence-corrected chi connectivity index (χ4v) is 1.57. The summed E-state index contributed by atoms with van der Waals surface area (Å²) in [4.78, 5) is 11.9. The van der Waals surface area contributed by atoms with E-state index in [1.807, 2.05) is 31.2 Å². The summed E-state index contributed by atoms with van der Waals surface area (Å²) in [5.41, 5.74) is 0.00734. The molecular weight excluding hydrogens is 228 g/mol. The Morgan fingerprint density at radius 3 is 2.72 bits per heavy atom. The largest absolute Gasteiger partial charge is 0.496 e. The second-order valence-corrected chi connectivity index (χ2v) is 4.33. The van der Waals surface area contributed by atoms with E-state index in [-0.39, 0.29) is 12.3 Å². The number of benzene rings is 1.